The van der Waals surface area contributed by atoms with Crippen LogP contribution in [-0.4, -0.2) is 54.8 Å². The van der Waals surface area contributed by atoms with Gasteiger partial charge in [-0.2, -0.15) is 13.2 Å². The molecular formula is C27H23ClF3N3O3. The van der Waals surface area contributed by atoms with E-state index < -0.39 is 11.7 Å². The van der Waals surface area contributed by atoms with Gasteiger partial charge in [-0.05, 0) is 61.0 Å². The molecule has 1 amide bonds. The van der Waals surface area contributed by atoms with Gasteiger partial charge in [-0.3, -0.25) is 4.79 Å². The number of carbonyl (C=O) groups is 1. The second-order valence-corrected chi connectivity index (χ2v) is 9.16. The second-order valence-electron chi connectivity index (χ2n) is 8.72. The van der Waals surface area contributed by atoms with Gasteiger partial charge in [0.2, 0.25) is 0 Å². The predicted molar refractivity (Wildman–Crippen MR) is 134 cm³/mol. The fourth-order valence-electron chi connectivity index (χ4n) is 4.44. The Bertz CT molecular complexity index is 1380. The third-order valence-corrected chi connectivity index (χ3v) is 6.55. The molecule has 10 heteroatoms. The Hall–Kier alpha value is -3.72. The number of alkyl halides is 3. The van der Waals surface area contributed by atoms with E-state index in [1.54, 1.807) is 47.4 Å². The molecule has 0 aromatic heterocycles. The van der Waals surface area contributed by atoms with Gasteiger partial charge in [-0.15, -0.1) is 0 Å². The molecule has 0 N–H and O–H groups in total. The third kappa shape index (κ3) is 5.22. The fourth-order valence-corrected chi connectivity index (χ4v) is 4.63. The van der Waals surface area contributed by atoms with Gasteiger partial charge in [0.1, 0.15) is 23.0 Å². The van der Waals surface area contributed by atoms with E-state index in [0.717, 1.165) is 12.1 Å². The molecule has 0 aliphatic carbocycles. The molecule has 2 aliphatic rings. The van der Waals surface area contributed by atoms with Gasteiger partial charge in [-0.1, -0.05) is 17.7 Å². The van der Waals surface area contributed by atoms with Gasteiger partial charge in [0, 0.05) is 36.8 Å². The molecule has 2 aliphatic heterocycles. The zero-order valence-corrected chi connectivity index (χ0v) is 20.6. The summed E-state index contributed by atoms with van der Waals surface area (Å²) in [5.74, 6) is 1.57. The molecule has 0 spiro atoms. The van der Waals surface area contributed by atoms with Gasteiger partial charge in [0.15, 0.2) is 5.75 Å². The summed E-state index contributed by atoms with van der Waals surface area (Å²) in [6.07, 6.45) is -3.88. The maximum absolute atomic E-state index is 13.4. The van der Waals surface area contributed by atoms with Gasteiger partial charge in [0.05, 0.1) is 18.2 Å². The van der Waals surface area contributed by atoms with Gasteiger partial charge in [0.25, 0.3) is 5.91 Å². The standard InChI is InChI=1S/C27H23ClF3N3O3/c1-36-20-7-9-23-21(16-20)25(32-22-15-18(27(29,30)31)6-8-24(22)37-23)33-10-3-11-34(13-12-33)26(35)17-4-2-5-19(28)14-17/h2,4-9,14-16H,3,10-13H2,1H3. The summed E-state index contributed by atoms with van der Waals surface area (Å²) in [5.41, 5.74) is 0.371. The number of methoxy groups -OCH3 is 1. The van der Waals surface area contributed by atoms with Crippen LogP contribution >= 0.6 is 11.6 Å². The van der Waals surface area contributed by atoms with E-state index in [1.807, 2.05) is 4.90 Å². The van der Waals surface area contributed by atoms with E-state index in [0.29, 0.717) is 66.1 Å². The Kier molecular flexibility index (Phi) is 6.72. The summed E-state index contributed by atoms with van der Waals surface area (Å²) in [4.78, 5) is 21.5. The Balaban J connectivity index is 1.50. The Morgan fingerprint density at radius 3 is 2.57 bits per heavy atom. The number of aliphatic imine (C=N–C) groups is 1. The SMILES string of the molecule is COc1ccc2c(c1)C(N1CCCN(C(=O)c3cccc(Cl)c3)CC1)=Nc1cc(C(F)(F)F)ccc1O2. The van der Waals surface area contributed by atoms with E-state index in [1.165, 1.54) is 13.2 Å². The number of amidine groups is 1. The van der Waals surface area contributed by atoms with Crippen LogP contribution in [0.3, 0.4) is 0 Å². The second kappa shape index (κ2) is 9.97. The van der Waals surface area contributed by atoms with Crippen molar-refractivity contribution in [3.05, 3.63) is 82.4 Å². The summed E-state index contributed by atoms with van der Waals surface area (Å²) < 4.78 is 51.7. The highest BCUT2D eigenvalue weighted by atomic mass is 35.5. The Labute approximate surface area is 216 Å². The van der Waals surface area contributed by atoms with Crippen molar-refractivity contribution in [3.8, 4) is 17.2 Å². The van der Waals surface area contributed by atoms with Crippen LogP contribution in [0.2, 0.25) is 5.02 Å². The minimum absolute atomic E-state index is 0.0797. The number of halogens is 4. The normalized spacial score (nSPS) is 15.5. The van der Waals surface area contributed by atoms with Crippen molar-refractivity contribution in [1.82, 2.24) is 9.80 Å². The zero-order valence-electron chi connectivity index (χ0n) is 19.9. The lowest BCUT2D eigenvalue weighted by atomic mass is 10.1. The molecule has 0 saturated carbocycles. The average Bonchev–Trinajstić information content (AvgIpc) is 3.21. The van der Waals surface area contributed by atoms with Crippen LogP contribution in [0.25, 0.3) is 0 Å². The van der Waals surface area contributed by atoms with Gasteiger partial charge in [-0.25, -0.2) is 4.99 Å². The van der Waals surface area contributed by atoms with E-state index >= 15 is 0 Å². The maximum atomic E-state index is 13.4. The van der Waals surface area contributed by atoms with Crippen molar-refractivity contribution < 1.29 is 27.4 Å². The highest BCUT2D eigenvalue weighted by molar-refractivity contribution is 6.31. The van der Waals surface area contributed by atoms with E-state index in [-0.39, 0.29) is 17.3 Å². The van der Waals surface area contributed by atoms with Crippen LogP contribution in [0.5, 0.6) is 17.2 Å². The molecule has 0 bridgehead atoms. The van der Waals surface area contributed by atoms with E-state index in [2.05, 4.69) is 4.99 Å². The monoisotopic (exact) mass is 529 g/mol. The smallest absolute Gasteiger partial charge is 0.416 e. The van der Waals surface area contributed by atoms with Gasteiger partial charge < -0.3 is 19.3 Å². The molecule has 6 nitrogen and oxygen atoms in total. The predicted octanol–water partition coefficient (Wildman–Crippen LogP) is 6.40. The number of amides is 1. The molecule has 1 saturated heterocycles. The summed E-state index contributed by atoms with van der Waals surface area (Å²) >= 11 is 6.07. The number of benzene rings is 3. The largest absolute Gasteiger partial charge is 0.497 e. The quantitative estimate of drug-likeness (QED) is 0.385. The Morgan fingerprint density at radius 2 is 1.81 bits per heavy atom. The van der Waals surface area contributed by atoms with Crippen molar-refractivity contribution in [3.63, 3.8) is 0 Å². The van der Waals surface area contributed by atoms with Crippen LogP contribution in [-0.2, 0) is 6.18 Å². The Morgan fingerprint density at radius 1 is 1.00 bits per heavy atom. The number of ether oxygens (including phenoxy) is 2. The first-order valence-electron chi connectivity index (χ1n) is 11.7. The molecule has 0 radical (unpaired) electrons. The summed E-state index contributed by atoms with van der Waals surface area (Å²) in [6, 6.07) is 15.2. The molecule has 0 unspecified atom stereocenters. The van der Waals surface area contributed by atoms with Crippen molar-refractivity contribution in [2.75, 3.05) is 33.3 Å². The van der Waals surface area contributed by atoms with Crippen molar-refractivity contribution in [2.45, 2.75) is 12.6 Å². The molecule has 37 heavy (non-hydrogen) atoms. The molecule has 5 rings (SSSR count). The first-order chi connectivity index (χ1) is 17.7. The summed E-state index contributed by atoms with van der Waals surface area (Å²) in [5, 5.41) is 0.484. The molecule has 192 valence electrons. The minimum atomic E-state index is -4.52. The lowest BCUT2D eigenvalue weighted by Crippen LogP contribution is -2.37. The average molecular weight is 530 g/mol. The first-order valence-corrected chi connectivity index (χ1v) is 12.1. The molecule has 3 aromatic carbocycles. The number of nitrogens with zero attached hydrogens (tertiary/aromatic N) is 3. The molecular weight excluding hydrogens is 507 g/mol. The number of hydrogen-bond donors (Lipinski definition) is 0. The van der Waals surface area contributed by atoms with Gasteiger partial charge >= 0.3 is 6.18 Å². The first kappa shape index (κ1) is 25.0. The summed E-state index contributed by atoms with van der Waals surface area (Å²) in [7, 11) is 1.53. The molecule has 3 aromatic rings. The molecule has 0 atom stereocenters. The number of hydrogen-bond acceptors (Lipinski definition) is 5. The molecule has 1 fully saturated rings. The number of rotatable bonds is 2. The topological polar surface area (TPSA) is 54.4 Å². The highest BCUT2D eigenvalue weighted by Gasteiger charge is 2.33. The van der Waals surface area contributed by atoms with Crippen molar-refractivity contribution >= 4 is 29.0 Å². The summed E-state index contributed by atoms with van der Waals surface area (Å²) in [6.45, 7) is 1.89. The third-order valence-electron chi connectivity index (χ3n) is 6.31. The molecule has 2 heterocycles. The van der Waals surface area contributed by atoms with Crippen LogP contribution < -0.4 is 9.47 Å². The van der Waals surface area contributed by atoms with Crippen molar-refractivity contribution in [1.29, 1.82) is 0 Å². The van der Waals surface area contributed by atoms with Crippen LogP contribution in [0, 0.1) is 0 Å². The lowest BCUT2D eigenvalue weighted by molar-refractivity contribution is -0.137. The minimum Gasteiger partial charge on any atom is -0.497 e. The van der Waals surface area contributed by atoms with E-state index in [9.17, 15) is 18.0 Å². The lowest BCUT2D eigenvalue weighted by Gasteiger charge is -2.25. The number of carbonyl (C=O) groups excluding carboxylic acids is 1. The van der Waals surface area contributed by atoms with Crippen LogP contribution in [0.4, 0.5) is 18.9 Å². The maximum Gasteiger partial charge on any atom is 0.416 e. The van der Waals surface area contributed by atoms with Crippen LogP contribution in [0.15, 0.2) is 65.7 Å². The van der Waals surface area contributed by atoms with Crippen LogP contribution in [0.1, 0.15) is 27.9 Å². The zero-order chi connectivity index (χ0) is 26.2. The number of fused-ring (bicyclic) bond motifs is 2. The highest BCUT2D eigenvalue weighted by Crippen LogP contribution is 2.42. The van der Waals surface area contributed by atoms with Crippen molar-refractivity contribution in [2.24, 2.45) is 4.99 Å². The van der Waals surface area contributed by atoms with E-state index in [4.69, 9.17) is 21.1 Å². The fraction of sp³-hybridized carbons (Fsp3) is 0.259.